The maximum absolute atomic E-state index is 10.6. The molecule has 0 fully saturated rings. The van der Waals surface area contributed by atoms with Gasteiger partial charge < -0.3 is 14.6 Å². The van der Waals surface area contributed by atoms with Gasteiger partial charge in [0.1, 0.15) is 11.5 Å². The second-order valence-electron chi connectivity index (χ2n) is 5.36. The second kappa shape index (κ2) is 6.19. The standard InChI is InChI=1S/C18H20O3/c1-20-15-8-2-5-13(11-15)12-17(19)16-9-3-6-14-7-4-10-21-18(14)16/h2-3,5-6,8-9,11,17,19H,4,7,10,12H2,1H3. The van der Waals surface area contributed by atoms with Gasteiger partial charge in [-0.3, -0.25) is 0 Å². The van der Waals surface area contributed by atoms with Crippen molar-refractivity contribution in [2.75, 3.05) is 13.7 Å². The molecule has 110 valence electrons. The molecule has 0 spiro atoms. The first-order chi connectivity index (χ1) is 10.3. The maximum atomic E-state index is 10.6. The lowest BCUT2D eigenvalue weighted by atomic mass is 9.96. The van der Waals surface area contributed by atoms with Crippen LogP contribution in [0.1, 0.15) is 29.2 Å². The molecule has 2 aromatic carbocycles. The van der Waals surface area contributed by atoms with Crippen LogP contribution in [0.4, 0.5) is 0 Å². The number of aryl methyl sites for hydroxylation is 1. The van der Waals surface area contributed by atoms with Crippen LogP contribution < -0.4 is 9.47 Å². The molecule has 0 bridgehead atoms. The van der Waals surface area contributed by atoms with Crippen LogP contribution in [0.3, 0.4) is 0 Å². The summed E-state index contributed by atoms with van der Waals surface area (Å²) in [6.07, 6.45) is 2.05. The van der Waals surface area contributed by atoms with Gasteiger partial charge >= 0.3 is 0 Å². The smallest absolute Gasteiger partial charge is 0.128 e. The normalized spacial score (nSPS) is 15.0. The first kappa shape index (κ1) is 14.0. The van der Waals surface area contributed by atoms with Crippen molar-refractivity contribution in [1.82, 2.24) is 0 Å². The molecule has 0 saturated carbocycles. The Morgan fingerprint density at radius 2 is 2.10 bits per heavy atom. The molecule has 1 N–H and O–H groups in total. The molecule has 1 atom stereocenters. The summed E-state index contributed by atoms with van der Waals surface area (Å²) in [5.41, 5.74) is 3.13. The van der Waals surface area contributed by atoms with Gasteiger partial charge in [0.15, 0.2) is 0 Å². The lowest BCUT2D eigenvalue weighted by Crippen LogP contribution is -2.13. The molecule has 3 heteroatoms. The highest BCUT2D eigenvalue weighted by Gasteiger charge is 2.19. The largest absolute Gasteiger partial charge is 0.497 e. The highest BCUT2D eigenvalue weighted by Crippen LogP contribution is 2.34. The minimum atomic E-state index is -0.565. The van der Waals surface area contributed by atoms with Crippen LogP contribution in [0.15, 0.2) is 42.5 Å². The van der Waals surface area contributed by atoms with E-state index in [2.05, 4.69) is 6.07 Å². The SMILES string of the molecule is COc1cccc(CC(O)c2cccc3c2OCCC3)c1. The Morgan fingerprint density at radius 1 is 1.24 bits per heavy atom. The Morgan fingerprint density at radius 3 is 2.95 bits per heavy atom. The molecule has 3 rings (SSSR count). The van der Waals surface area contributed by atoms with E-state index in [4.69, 9.17) is 9.47 Å². The van der Waals surface area contributed by atoms with E-state index in [-0.39, 0.29) is 0 Å². The van der Waals surface area contributed by atoms with Crippen molar-refractivity contribution in [3.05, 3.63) is 59.2 Å². The number of para-hydroxylation sites is 1. The third-order valence-corrected chi connectivity index (χ3v) is 3.89. The molecule has 1 aliphatic rings. The summed E-state index contributed by atoms with van der Waals surface area (Å²) in [7, 11) is 1.65. The van der Waals surface area contributed by atoms with Gasteiger partial charge in [0.2, 0.25) is 0 Å². The molecule has 0 saturated heterocycles. The molecule has 21 heavy (non-hydrogen) atoms. The van der Waals surface area contributed by atoms with Crippen LogP contribution in [0.5, 0.6) is 11.5 Å². The minimum absolute atomic E-state index is 0.553. The minimum Gasteiger partial charge on any atom is -0.497 e. The van der Waals surface area contributed by atoms with Crippen LogP contribution >= 0.6 is 0 Å². The van der Waals surface area contributed by atoms with Crippen molar-refractivity contribution in [1.29, 1.82) is 0 Å². The van der Waals surface area contributed by atoms with E-state index in [0.717, 1.165) is 42.1 Å². The fourth-order valence-electron chi connectivity index (χ4n) is 2.81. The number of ether oxygens (including phenoxy) is 2. The lowest BCUT2D eigenvalue weighted by Gasteiger charge is -2.23. The van der Waals surface area contributed by atoms with Crippen molar-refractivity contribution in [2.45, 2.75) is 25.4 Å². The summed E-state index contributed by atoms with van der Waals surface area (Å²) in [6.45, 7) is 0.732. The highest BCUT2D eigenvalue weighted by molar-refractivity contribution is 5.44. The summed E-state index contributed by atoms with van der Waals surface area (Å²) in [5.74, 6) is 1.69. The number of benzene rings is 2. The lowest BCUT2D eigenvalue weighted by molar-refractivity contribution is 0.169. The first-order valence-corrected chi connectivity index (χ1v) is 7.33. The topological polar surface area (TPSA) is 38.7 Å². The van der Waals surface area contributed by atoms with Crippen molar-refractivity contribution in [3.8, 4) is 11.5 Å². The molecule has 0 aliphatic carbocycles. The summed E-state index contributed by atoms with van der Waals surface area (Å²) < 4.78 is 11.0. The van der Waals surface area contributed by atoms with Gasteiger partial charge in [0, 0.05) is 12.0 Å². The Bertz CT molecular complexity index is 622. The molecule has 0 amide bonds. The number of hydrogen-bond acceptors (Lipinski definition) is 3. The zero-order chi connectivity index (χ0) is 14.7. The molecule has 0 aromatic heterocycles. The summed E-state index contributed by atoms with van der Waals surface area (Å²) in [6, 6.07) is 13.8. The molecule has 2 aromatic rings. The molecular weight excluding hydrogens is 264 g/mol. The van der Waals surface area contributed by atoms with E-state index in [1.54, 1.807) is 7.11 Å². The van der Waals surface area contributed by atoms with E-state index < -0.39 is 6.10 Å². The summed E-state index contributed by atoms with van der Waals surface area (Å²) in [4.78, 5) is 0. The van der Waals surface area contributed by atoms with Crippen molar-refractivity contribution in [3.63, 3.8) is 0 Å². The number of aliphatic hydroxyl groups excluding tert-OH is 1. The van der Waals surface area contributed by atoms with E-state index in [0.29, 0.717) is 6.42 Å². The van der Waals surface area contributed by atoms with Crippen LogP contribution in [0.2, 0.25) is 0 Å². The molecule has 1 heterocycles. The van der Waals surface area contributed by atoms with E-state index >= 15 is 0 Å². The zero-order valence-corrected chi connectivity index (χ0v) is 12.2. The van der Waals surface area contributed by atoms with Crippen LogP contribution in [-0.2, 0) is 12.8 Å². The number of fused-ring (bicyclic) bond motifs is 1. The Kier molecular flexibility index (Phi) is 4.11. The van der Waals surface area contributed by atoms with Gasteiger partial charge in [-0.2, -0.15) is 0 Å². The average Bonchev–Trinajstić information content (AvgIpc) is 2.54. The van der Waals surface area contributed by atoms with E-state index in [1.807, 2.05) is 36.4 Å². The fraction of sp³-hybridized carbons (Fsp3) is 0.333. The van der Waals surface area contributed by atoms with Crippen LogP contribution in [0.25, 0.3) is 0 Å². The molecule has 0 radical (unpaired) electrons. The first-order valence-electron chi connectivity index (χ1n) is 7.33. The van der Waals surface area contributed by atoms with Gasteiger partial charge in [-0.1, -0.05) is 30.3 Å². The molecule has 1 aliphatic heterocycles. The quantitative estimate of drug-likeness (QED) is 0.936. The number of methoxy groups -OCH3 is 1. The molecule has 1 unspecified atom stereocenters. The van der Waals surface area contributed by atoms with Gasteiger partial charge in [-0.25, -0.2) is 0 Å². The maximum Gasteiger partial charge on any atom is 0.128 e. The van der Waals surface area contributed by atoms with Gasteiger partial charge in [-0.05, 0) is 36.1 Å². The Labute approximate surface area is 125 Å². The number of hydrogen-bond donors (Lipinski definition) is 1. The zero-order valence-electron chi connectivity index (χ0n) is 12.2. The van der Waals surface area contributed by atoms with Gasteiger partial charge in [0.25, 0.3) is 0 Å². The van der Waals surface area contributed by atoms with Crippen molar-refractivity contribution in [2.24, 2.45) is 0 Å². The third-order valence-electron chi connectivity index (χ3n) is 3.89. The van der Waals surface area contributed by atoms with E-state index in [1.165, 1.54) is 5.56 Å². The molecule has 3 nitrogen and oxygen atoms in total. The van der Waals surface area contributed by atoms with Gasteiger partial charge in [0.05, 0.1) is 19.8 Å². The molecular formula is C18H20O3. The number of aliphatic hydroxyl groups is 1. The fourth-order valence-corrected chi connectivity index (χ4v) is 2.81. The highest BCUT2D eigenvalue weighted by atomic mass is 16.5. The van der Waals surface area contributed by atoms with Crippen LogP contribution in [-0.4, -0.2) is 18.8 Å². The predicted molar refractivity (Wildman–Crippen MR) is 81.9 cm³/mol. The average molecular weight is 284 g/mol. The summed E-state index contributed by atoms with van der Waals surface area (Å²) in [5, 5.41) is 10.6. The second-order valence-corrected chi connectivity index (χ2v) is 5.36. The monoisotopic (exact) mass is 284 g/mol. The van der Waals surface area contributed by atoms with E-state index in [9.17, 15) is 5.11 Å². The van der Waals surface area contributed by atoms with Crippen molar-refractivity contribution >= 4 is 0 Å². The van der Waals surface area contributed by atoms with Crippen molar-refractivity contribution < 1.29 is 14.6 Å². The number of rotatable bonds is 4. The summed E-state index contributed by atoms with van der Waals surface area (Å²) >= 11 is 0. The third kappa shape index (κ3) is 3.03. The Hall–Kier alpha value is -2.00. The van der Waals surface area contributed by atoms with Gasteiger partial charge in [-0.15, -0.1) is 0 Å². The van der Waals surface area contributed by atoms with Crippen LogP contribution in [0, 0.1) is 0 Å². The predicted octanol–water partition coefficient (Wildman–Crippen LogP) is 3.30. The Balaban J connectivity index is 1.83.